The lowest BCUT2D eigenvalue weighted by Crippen LogP contribution is -2.52. The first-order chi connectivity index (χ1) is 43.7. The van der Waals surface area contributed by atoms with E-state index in [0.717, 1.165) is 4.90 Å². The van der Waals surface area contributed by atoms with Crippen LogP contribution in [-0.2, 0) is 104 Å². The maximum atomic E-state index is 13.4. The van der Waals surface area contributed by atoms with Gasteiger partial charge < -0.3 is 77.0 Å². The molecule has 498 valence electrons. The summed E-state index contributed by atoms with van der Waals surface area (Å²) in [7, 11) is 0. The molecule has 0 aromatic heterocycles. The van der Waals surface area contributed by atoms with Crippen molar-refractivity contribution < 1.29 is 90.9 Å². The smallest absolute Gasteiger partial charge is 0.253 e. The van der Waals surface area contributed by atoms with E-state index in [9.17, 15) is 71.9 Å². The highest BCUT2D eigenvalue weighted by Crippen LogP contribution is 2.11. The maximum Gasteiger partial charge on any atom is 0.253 e. The number of ketones is 2. The highest BCUT2D eigenvalue weighted by atomic mass is 16.5. The molecule has 2 aromatic carbocycles. The predicted octanol–water partition coefficient (Wildman–Crippen LogP) is -3.60. The summed E-state index contributed by atoms with van der Waals surface area (Å²) in [6.45, 7) is -0.0188. The van der Waals surface area contributed by atoms with Crippen LogP contribution in [-0.4, -0.2) is 222 Å². The van der Waals surface area contributed by atoms with Crippen molar-refractivity contribution in [3.8, 4) is 0 Å². The molecule has 0 saturated heterocycles. The average molecular weight is 1280 g/mol. The highest BCUT2D eigenvalue weighted by molar-refractivity contribution is 6.12. The van der Waals surface area contributed by atoms with Gasteiger partial charge in [-0.15, -0.1) is 0 Å². The van der Waals surface area contributed by atoms with Crippen LogP contribution < -0.4 is 53.2 Å². The third kappa shape index (κ3) is 36.1. The summed E-state index contributed by atoms with van der Waals surface area (Å²) < 4.78 is 21.2. The molecule has 10 N–H and O–H groups in total. The Morgan fingerprint density at radius 1 is 0.418 bits per heavy atom. The molecular formula is C60H84N12O19. The second-order valence-corrected chi connectivity index (χ2v) is 20.5. The molecule has 1 aliphatic heterocycles. The van der Waals surface area contributed by atoms with Crippen LogP contribution in [0.25, 0.3) is 0 Å². The predicted molar refractivity (Wildman–Crippen MR) is 323 cm³/mol. The SMILES string of the molecule is CC(=O)COCNC(=O)CNC(=O)[C@H](Cc1ccccc1)NC(=O)CNC(=O)CNC(=O)CCOCCCN(CCCOCCC(=O)NCC(=O)NCC(=O)N[C@@H](Cc1ccccc1)C(=O)NCC(=O)NCOCC(C)=O)C(=O)CCCCCN1C(=O)C=CC1=O. The summed E-state index contributed by atoms with van der Waals surface area (Å²) in [5.41, 5.74) is 1.41. The number of unbranched alkanes of at least 4 members (excludes halogenated alkanes) is 2. The molecule has 0 unspecified atom stereocenters. The van der Waals surface area contributed by atoms with Crippen molar-refractivity contribution in [1.29, 1.82) is 0 Å². The van der Waals surface area contributed by atoms with Crippen molar-refractivity contribution in [3.05, 3.63) is 83.9 Å². The molecule has 13 amide bonds. The first-order valence-corrected chi connectivity index (χ1v) is 29.6. The number of rotatable bonds is 48. The molecule has 1 aliphatic rings. The van der Waals surface area contributed by atoms with E-state index < -0.39 is 110 Å². The van der Waals surface area contributed by atoms with Gasteiger partial charge >= 0.3 is 0 Å². The topological polar surface area (TPSA) is 420 Å². The fourth-order valence-corrected chi connectivity index (χ4v) is 8.13. The number of nitrogens with one attached hydrogen (secondary N) is 10. The summed E-state index contributed by atoms with van der Waals surface area (Å²) in [6, 6.07) is 15.3. The minimum Gasteiger partial charge on any atom is -0.381 e. The fraction of sp³-hybridized carbons (Fsp3) is 0.517. The lowest BCUT2D eigenvalue weighted by atomic mass is 10.1. The summed E-state index contributed by atoms with van der Waals surface area (Å²) in [6.07, 6.45) is 4.86. The van der Waals surface area contributed by atoms with Crippen LogP contribution in [0.4, 0.5) is 0 Å². The van der Waals surface area contributed by atoms with Gasteiger partial charge in [0.25, 0.3) is 11.8 Å². The molecule has 0 bridgehead atoms. The minimum absolute atomic E-state index is 0.0169. The summed E-state index contributed by atoms with van der Waals surface area (Å²) in [4.78, 5) is 188. The number of carbonyl (C=O) groups is 15. The Balaban J connectivity index is 1.36. The zero-order valence-electron chi connectivity index (χ0n) is 51.3. The molecule has 3 rings (SSSR count). The average Bonchev–Trinajstić information content (AvgIpc) is 3.07. The van der Waals surface area contributed by atoms with Gasteiger partial charge in [0.15, 0.2) is 11.6 Å². The van der Waals surface area contributed by atoms with Crippen LogP contribution in [0.15, 0.2) is 72.8 Å². The molecule has 31 heteroatoms. The molecule has 0 spiro atoms. The first-order valence-electron chi connectivity index (χ1n) is 29.6. The van der Waals surface area contributed by atoms with Gasteiger partial charge in [-0.1, -0.05) is 67.1 Å². The van der Waals surface area contributed by atoms with Crippen molar-refractivity contribution >= 4 is 88.4 Å². The second kappa shape index (κ2) is 45.0. The number of hydrogen-bond donors (Lipinski definition) is 10. The number of amides is 13. The van der Waals surface area contributed by atoms with Crippen molar-refractivity contribution in [2.45, 2.75) is 90.1 Å². The van der Waals surface area contributed by atoms with Gasteiger partial charge in [0, 0.05) is 77.1 Å². The highest BCUT2D eigenvalue weighted by Gasteiger charge is 2.25. The van der Waals surface area contributed by atoms with Crippen molar-refractivity contribution in [1.82, 2.24) is 63.0 Å². The number of ether oxygens (including phenoxy) is 4. The van der Waals surface area contributed by atoms with Crippen molar-refractivity contribution in [3.63, 3.8) is 0 Å². The Morgan fingerprint density at radius 3 is 1.22 bits per heavy atom. The number of benzene rings is 2. The van der Waals surface area contributed by atoms with Gasteiger partial charge in [-0.05, 0) is 50.7 Å². The van der Waals surface area contributed by atoms with E-state index in [4.69, 9.17) is 18.9 Å². The Kier molecular flexibility index (Phi) is 37.5. The van der Waals surface area contributed by atoms with E-state index in [2.05, 4.69) is 53.2 Å². The van der Waals surface area contributed by atoms with E-state index in [1.54, 1.807) is 65.6 Å². The van der Waals surface area contributed by atoms with Gasteiger partial charge in [-0.2, -0.15) is 0 Å². The monoisotopic (exact) mass is 1280 g/mol. The Bertz CT molecular complexity index is 2620. The summed E-state index contributed by atoms with van der Waals surface area (Å²) in [5, 5.41) is 24.4. The van der Waals surface area contributed by atoms with Gasteiger partial charge in [0.1, 0.15) is 38.8 Å². The quantitative estimate of drug-likeness (QED) is 0.0174. The molecule has 31 nitrogen and oxygen atoms in total. The van der Waals surface area contributed by atoms with Crippen LogP contribution in [0.5, 0.6) is 0 Å². The van der Waals surface area contributed by atoms with E-state index in [0.29, 0.717) is 43.2 Å². The Labute approximate surface area is 526 Å². The van der Waals surface area contributed by atoms with Gasteiger partial charge in [0.05, 0.1) is 52.5 Å². The van der Waals surface area contributed by atoms with Crippen molar-refractivity contribution in [2.24, 2.45) is 0 Å². The minimum atomic E-state index is -1.13. The third-order valence-electron chi connectivity index (χ3n) is 12.8. The normalized spacial score (nSPS) is 12.1. The maximum absolute atomic E-state index is 13.4. The van der Waals surface area contributed by atoms with Crippen LogP contribution in [0.3, 0.4) is 0 Å². The molecule has 0 fully saturated rings. The van der Waals surface area contributed by atoms with Crippen LogP contribution >= 0.6 is 0 Å². The zero-order valence-corrected chi connectivity index (χ0v) is 51.3. The number of imide groups is 1. The Hall–Kier alpha value is -9.33. The number of nitrogens with zero attached hydrogens (tertiary/aromatic N) is 2. The van der Waals surface area contributed by atoms with Crippen molar-refractivity contribution in [2.75, 3.05) is 112 Å². The largest absolute Gasteiger partial charge is 0.381 e. The van der Waals surface area contributed by atoms with Gasteiger partial charge in [-0.25, -0.2) is 0 Å². The second-order valence-electron chi connectivity index (χ2n) is 20.5. The lowest BCUT2D eigenvalue weighted by Gasteiger charge is -2.23. The van der Waals surface area contributed by atoms with Crippen LogP contribution in [0.2, 0.25) is 0 Å². The number of Topliss-reactive ketones (excluding diaryl/α,β-unsaturated/α-hetero) is 2. The number of carbonyl (C=O) groups excluding carboxylic acids is 15. The molecular weight excluding hydrogens is 1190 g/mol. The van der Waals surface area contributed by atoms with Gasteiger partial charge in [0.2, 0.25) is 65.0 Å². The molecule has 91 heavy (non-hydrogen) atoms. The fourth-order valence-electron chi connectivity index (χ4n) is 8.13. The summed E-state index contributed by atoms with van der Waals surface area (Å²) in [5.74, 6) is -7.80. The van der Waals surface area contributed by atoms with Crippen LogP contribution in [0, 0.1) is 0 Å². The van der Waals surface area contributed by atoms with E-state index in [1.165, 1.54) is 26.0 Å². The first kappa shape index (κ1) is 75.9. The van der Waals surface area contributed by atoms with Gasteiger partial charge in [-0.3, -0.25) is 76.8 Å². The third-order valence-corrected chi connectivity index (χ3v) is 12.8. The van der Waals surface area contributed by atoms with Crippen LogP contribution in [0.1, 0.15) is 76.3 Å². The molecule has 0 aliphatic carbocycles. The number of hydrogen-bond acceptors (Lipinski definition) is 19. The molecule has 2 aromatic rings. The van der Waals surface area contributed by atoms with E-state index >= 15 is 0 Å². The zero-order chi connectivity index (χ0) is 66.6. The lowest BCUT2D eigenvalue weighted by molar-refractivity contribution is -0.137. The van der Waals surface area contributed by atoms with E-state index in [1.807, 2.05) is 0 Å². The standard InChI is InChI=1S/C60H84N12O19/c1-42(73)38-90-40-67-52(79)34-65-59(86)46(30-44-14-6-3-7-15-44)69-54(81)36-63-50(77)32-61-48(75)21-28-88-26-12-23-71(56(83)18-10-5-11-25-72-57(84)19-20-58(72)85)24-13-27-89-29-22-49(76)62-33-51(78)64-37-55(82)70-47(31-45-16-8-4-9-17-45)60(87)66-35-53(80)68-41-91-39-43(2)74/h3-4,6-9,14-17,19-20,46-47H,5,10-13,18,21-41H2,1-2H3,(H,61,75)(H,62,76)(H,63,77)(H,64,78)(H,65,86)(H,66,87)(H,67,79)(H,68,80)(H,69,81)(H,70,82)/t46-,47-/m0/s1. The molecule has 1 heterocycles. The Morgan fingerprint density at radius 2 is 0.802 bits per heavy atom. The molecule has 0 radical (unpaired) electrons. The summed E-state index contributed by atoms with van der Waals surface area (Å²) >= 11 is 0. The molecule has 0 saturated carbocycles. The van der Waals surface area contributed by atoms with E-state index in [-0.39, 0.29) is 134 Å². The molecule has 2 atom stereocenters.